The first-order valence-corrected chi connectivity index (χ1v) is 13.4. The van der Waals surface area contributed by atoms with Crippen molar-refractivity contribution < 1.29 is 9.50 Å². The fourth-order valence-corrected chi connectivity index (χ4v) is 6.17. The Balaban J connectivity index is 1.47. The van der Waals surface area contributed by atoms with E-state index < -0.39 is 12.1 Å². The maximum atomic E-state index is 14.5. The van der Waals surface area contributed by atoms with Gasteiger partial charge in [0, 0.05) is 23.0 Å². The minimum absolute atomic E-state index is 0.142. The van der Waals surface area contributed by atoms with Crippen LogP contribution in [0.4, 0.5) is 4.39 Å². The zero-order valence-corrected chi connectivity index (χ0v) is 21.1. The average Bonchev–Trinajstić information content (AvgIpc) is 2.90. The zero-order chi connectivity index (χ0) is 25.5. The number of benzene rings is 2. The second-order valence-corrected chi connectivity index (χ2v) is 10.6. The largest absolute Gasteiger partial charge is 0.390 e. The van der Waals surface area contributed by atoms with Crippen LogP contribution in [0.2, 0.25) is 0 Å². The number of fused-ring (bicyclic) bond motifs is 3. The van der Waals surface area contributed by atoms with Crippen molar-refractivity contribution in [2.24, 2.45) is 0 Å². The van der Waals surface area contributed by atoms with E-state index in [9.17, 15) is 14.3 Å². The predicted molar refractivity (Wildman–Crippen MR) is 145 cm³/mol. The summed E-state index contributed by atoms with van der Waals surface area (Å²) in [5.74, 6) is 0.965. The number of thioether (sulfide) groups is 1. The van der Waals surface area contributed by atoms with E-state index in [4.69, 9.17) is 0 Å². The highest BCUT2D eigenvalue weighted by Crippen LogP contribution is 2.31. The number of hydrogen-bond acceptors (Lipinski definition) is 6. The van der Waals surface area contributed by atoms with Crippen LogP contribution < -0.4 is 5.56 Å². The van der Waals surface area contributed by atoms with Gasteiger partial charge in [0.1, 0.15) is 0 Å². The van der Waals surface area contributed by atoms with Gasteiger partial charge in [0.2, 0.25) is 5.95 Å². The number of aromatic nitrogens is 4. The highest BCUT2D eigenvalue weighted by atomic mass is 32.2. The first-order valence-electron chi connectivity index (χ1n) is 12.3. The quantitative estimate of drug-likeness (QED) is 0.267. The highest BCUT2D eigenvalue weighted by Gasteiger charge is 2.26. The second-order valence-electron chi connectivity index (χ2n) is 9.45. The van der Waals surface area contributed by atoms with E-state index in [1.165, 1.54) is 0 Å². The molecule has 6 rings (SSSR count). The van der Waals surface area contributed by atoms with Gasteiger partial charge in [-0.1, -0.05) is 24.3 Å². The van der Waals surface area contributed by atoms with Gasteiger partial charge in [0.05, 0.1) is 40.6 Å². The molecule has 1 fully saturated rings. The lowest BCUT2D eigenvalue weighted by atomic mass is 9.95. The van der Waals surface area contributed by atoms with E-state index in [0.717, 1.165) is 34.1 Å². The fourth-order valence-electron chi connectivity index (χ4n) is 5.13. The summed E-state index contributed by atoms with van der Waals surface area (Å²) in [5, 5.41) is 13.0. The van der Waals surface area contributed by atoms with E-state index >= 15 is 0 Å². The van der Waals surface area contributed by atoms with Gasteiger partial charge in [-0.05, 0) is 72.4 Å². The fraction of sp³-hybridized carbons (Fsp3) is 0.241. The van der Waals surface area contributed by atoms with Crippen LogP contribution in [0, 0.1) is 12.9 Å². The highest BCUT2D eigenvalue weighted by molar-refractivity contribution is 7.99. The molecule has 0 saturated carbocycles. The monoisotopic (exact) mass is 512 g/mol. The molecule has 0 radical (unpaired) electrons. The molecule has 2 atom stereocenters. The molecular weight excluding hydrogens is 487 g/mol. The lowest BCUT2D eigenvalue weighted by molar-refractivity contribution is 0.126. The Morgan fingerprint density at radius 2 is 1.92 bits per heavy atom. The second kappa shape index (κ2) is 9.68. The molecule has 8 heteroatoms. The maximum Gasteiger partial charge on any atom is 0.261 e. The summed E-state index contributed by atoms with van der Waals surface area (Å²) in [5.41, 5.74) is 3.91. The number of halogens is 1. The van der Waals surface area contributed by atoms with Gasteiger partial charge in [0.25, 0.3) is 5.56 Å². The summed E-state index contributed by atoms with van der Waals surface area (Å²) in [6, 6.07) is 16.8. The van der Waals surface area contributed by atoms with E-state index in [1.807, 2.05) is 42.5 Å². The van der Waals surface area contributed by atoms with Crippen LogP contribution in [0.1, 0.15) is 29.3 Å². The molecule has 0 bridgehead atoms. The zero-order valence-electron chi connectivity index (χ0n) is 20.3. The summed E-state index contributed by atoms with van der Waals surface area (Å²) >= 11 is 1.70. The van der Waals surface area contributed by atoms with Gasteiger partial charge in [-0.3, -0.25) is 14.3 Å². The SMILES string of the molecule is Cc1ccc(-c2cc(Cc3cc4c(=O)n([C@H]5CCSC[C@@H]5O)cnc4c4ccccc34)ccn2)c(F)n1. The lowest BCUT2D eigenvalue weighted by Gasteiger charge is -2.28. The molecule has 3 aromatic heterocycles. The minimum Gasteiger partial charge on any atom is -0.390 e. The van der Waals surface area contributed by atoms with Crippen molar-refractivity contribution in [1.82, 2.24) is 19.5 Å². The lowest BCUT2D eigenvalue weighted by Crippen LogP contribution is -2.36. The molecule has 4 heterocycles. The molecule has 1 N–H and O–H groups in total. The third-order valence-electron chi connectivity index (χ3n) is 7.01. The Morgan fingerprint density at radius 1 is 1.08 bits per heavy atom. The number of aryl methyl sites for hydroxylation is 1. The summed E-state index contributed by atoms with van der Waals surface area (Å²) in [4.78, 5) is 26.7. The molecule has 37 heavy (non-hydrogen) atoms. The Kier molecular flexibility index (Phi) is 6.22. The van der Waals surface area contributed by atoms with Gasteiger partial charge in [-0.2, -0.15) is 16.2 Å². The van der Waals surface area contributed by atoms with Crippen LogP contribution in [0.5, 0.6) is 0 Å². The van der Waals surface area contributed by atoms with E-state index in [2.05, 4.69) is 15.0 Å². The number of aliphatic hydroxyl groups is 1. The van der Waals surface area contributed by atoms with Crippen LogP contribution >= 0.6 is 11.8 Å². The number of pyridine rings is 2. The normalized spacial score (nSPS) is 17.9. The molecule has 1 saturated heterocycles. The van der Waals surface area contributed by atoms with E-state index in [0.29, 0.717) is 40.0 Å². The van der Waals surface area contributed by atoms with Crippen LogP contribution in [0.25, 0.3) is 32.9 Å². The molecule has 2 aromatic carbocycles. The van der Waals surface area contributed by atoms with Crippen molar-refractivity contribution in [2.75, 3.05) is 11.5 Å². The van der Waals surface area contributed by atoms with Crippen molar-refractivity contribution in [3.05, 3.63) is 100 Å². The Hall–Kier alpha value is -3.62. The first kappa shape index (κ1) is 23.8. The van der Waals surface area contributed by atoms with Gasteiger partial charge >= 0.3 is 0 Å². The third kappa shape index (κ3) is 4.40. The van der Waals surface area contributed by atoms with Gasteiger partial charge in [-0.25, -0.2) is 9.97 Å². The van der Waals surface area contributed by atoms with Crippen molar-refractivity contribution in [3.8, 4) is 11.3 Å². The van der Waals surface area contributed by atoms with E-state index in [-0.39, 0.29) is 11.6 Å². The Morgan fingerprint density at radius 3 is 2.73 bits per heavy atom. The summed E-state index contributed by atoms with van der Waals surface area (Å²) < 4.78 is 16.1. The van der Waals surface area contributed by atoms with Gasteiger partial charge in [-0.15, -0.1) is 0 Å². The molecule has 0 unspecified atom stereocenters. The molecule has 0 amide bonds. The molecule has 6 nitrogen and oxygen atoms in total. The average molecular weight is 513 g/mol. The molecule has 186 valence electrons. The molecule has 0 aliphatic carbocycles. The predicted octanol–water partition coefficient (Wildman–Crippen LogP) is 5.08. The summed E-state index contributed by atoms with van der Waals surface area (Å²) in [6.07, 6.45) is 3.93. The summed E-state index contributed by atoms with van der Waals surface area (Å²) in [6.45, 7) is 1.75. The minimum atomic E-state index is -0.581. The maximum absolute atomic E-state index is 14.5. The van der Waals surface area contributed by atoms with Crippen LogP contribution in [-0.4, -0.2) is 42.2 Å². The molecule has 1 aliphatic rings. The van der Waals surface area contributed by atoms with Crippen LogP contribution in [0.15, 0.2) is 71.9 Å². The van der Waals surface area contributed by atoms with Crippen LogP contribution in [-0.2, 0) is 6.42 Å². The van der Waals surface area contributed by atoms with Crippen molar-refractivity contribution >= 4 is 33.4 Å². The van der Waals surface area contributed by atoms with E-state index in [1.54, 1.807) is 47.9 Å². The third-order valence-corrected chi connectivity index (χ3v) is 8.11. The summed E-state index contributed by atoms with van der Waals surface area (Å²) in [7, 11) is 0. The Bertz CT molecular complexity index is 1700. The first-order chi connectivity index (χ1) is 18.0. The molecule has 0 spiro atoms. The Labute approximate surface area is 217 Å². The number of aliphatic hydroxyl groups excluding tert-OH is 1. The van der Waals surface area contributed by atoms with Crippen molar-refractivity contribution in [3.63, 3.8) is 0 Å². The van der Waals surface area contributed by atoms with Crippen molar-refractivity contribution in [1.29, 1.82) is 0 Å². The van der Waals surface area contributed by atoms with Crippen molar-refractivity contribution in [2.45, 2.75) is 31.9 Å². The number of nitrogens with zero attached hydrogens (tertiary/aromatic N) is 4. The number of rotatable bonds is 4. The molecular formula is C29H25FN4O2S. The molecule has 1 aliphatic heterocycles. The van der Waals surface area contributed by atoms with Gasteiger partial charge < -0.3 is 5.11 Å². The standard InChI is InChI=1S/C29H25FN4O2S/c1-17-6-7-22(28(30)33-17)24-13-18(8-10-31-24)12-19-14-23-27(21-5-3-2-4-20(19)21)32-16-34(29(23)36)25-9-11-37-15-26(25)35/h2-8,10,13-14,16,25-26,35H,9,11-12,15H2,1H3/t25-,26-/m0/s1. The van der Waals surface area contributed by atoms with Gasteiger partial charge in [0.15, 0.2) is 0 Å². The number of hydrogen-bond donors (Lipinski definition) is 1. The van der Waals surface area contributed by atoms with Crippen LogP contribution in [0.3, 0.4) is 0 Å². The smallest absolute Gasteiger partial charge is 0.261 e. The molecule has 5 aromatic rings. The topological polar surface area (TPSA) is 80.9 Å².